The number of ketones is 1. The molecule has 1 saturated heterocycles. The van der Waals surface area contributed by atoms with Gasteiger partial charge in [0.1, 0.15) is 11.4 Å². The van der Waals surface area contributed by atoms with Crippen LogP contribution in [0.15, 0.2) is 40.5 Å². The second-order valence-electron chi connectivity index (χ2n) is 7.28. The molecular weight excluding hydrogens is 418 g/mol. The Kier molecular flexibility index (Phi) is 9.97. The Morgan fingerprint density at radius 2 is 1.74 bits per heavy atom. The first kappa shape index (κ1) is 24.8. The summed E-state index contributed by atoms with van der Waals surface area (Å²) in [6, 6.07) is 6.58. The fourth-order valence-electron chi connectivity index (χ4n) is 3.27. The van der Waals surface area contributed by atoms with Gasteiger partial charge in [0.05, 0.1) is 11.6 Å². The highest BCUT2D eigenvalue weighted by atomic mass is 35.5. The van der Waals surface area contributed by atoms with Crippen molar-refractivity contribution < 1.29 is 14.3 Å². The van der Waals surface area contributed by atoms with E-state index in [-0.39, 0.29) is 22.7 Å². The van der Waals surface area contributed by atoms with E-state index in [0.717, 1.165) is 39.3 Å². The van der Waals surface area contributed by atoms with E-state index in [2.05, 4.69) is 21.7 Å². The average molecular weight is 450 g/mol. The van der Waals surface area contributed by atoms with Crippen LogP contribution in [0.25, 0.3) is 0 Å². The van der Waals surface area contributed by atoms with Gasteiger partial charge in [-0.1, -0.05) is 37.6 Å². The van der Waals surface area contributed by atoms with Crippen LogP contribution in [0.1, 0.15) is 30.6 Å². The van der Waals surface area contributed by atoms with Gasteiger partial charge in [0.25, 0.3) is 0 Å². The van der Waals surface area contributed by atoms with Crippen LogP contribution in [0, 0.1) is 0 Å². The summed E-state index contributed by atoms with van der Waals surface area (Å²) in [4.78, 5) is 34.0. The van der Waals surface area contributed by atoms with Gasteiger partial charge in [-0.05, 0) is 25.1 Å². The van der Waals surface area contributed by atoms with E-state index in [1.807, 2.05) is 0 Å². The molecule has 0 radical (unpaired) electrons. The number of esters is 1. The van der Waals surface area contributed by atoms with Crippen molar-refractivity contribution in [1.82, 2.24) is 9.80 Å². The molecule has 170 valence electrons. The van der Waals surface area contributed by atoms with Crippen LogP contribution in [0.3, 0.4) is 0 Å². The minimum Gasteiger partial charge on any atom is -0.454 e. The molecule has 9 heteroatoms. The van der Waals surface area contributed by atoms with Gasteiger partial charge in [0.2, 0.25) is 5.78 Å². The Morgan fingerprint density at radius 3 is 2.35 bits per heavy atom. The zero-order chi connectivity index (χ0) is 22.8. The van der Waals surface area contributed by atoms with Gasteiger partial charge in [0, 0.05) is 44.0 Å². The normalized spacial score (nSPS) is 16.7. The van der Waals surface area contributed by atoms with Gasteiger partial charge in [-0.3, -0.25) is 14.7 Å². The number of nitrogens with two attached hydrogens (primary N) is 2. The molecule has 1 aromatic carbocycles. The van der Waals surface area contributed by atoms with Gasteiger partial charge in [0.15, 0.2) is 6.61 Å². The van der Waals surface area contributed by atoms with E-state index in [1.54, 1.807) is 31.2 Å². The van der Waals surface area contributed by atoms with E-state index in [0.29, 0.717) is 18.0 Å². The van der Waals surface area contributed by atoms with Gasteiger partial charge in [-0.2, -0.15) is 0 Å². The van der Waals surface area contributed by atoms with Crippen molar-refractivity contribution in [2.75, 3.05) is 52.4 Å². The fraction of sp³-hybridized carbons (Fsp3) is 0.500. The Bertz CT molecular complexity index is 832. The molecule has 0 atom stereocenters. The molecule has 0 aromatic heterocycles. The van der Waals surface area contributed by atoms with Crippen LogP contribution in [-0.2, 0) is 9.53 Å². The maximum absolute atomic E-state index is 12.6. The SMILES string of the molecule is CC/C(N)=C(\C(=O)OCC(=O)c1ccccc1Cl)C(N)=NCCN1CCN(CC)CC1. The number of hydrogen-bond donors (Lipinski definition) is 2. The molecule has 0 spiro atoms. The molecule has 4 N–H and O–H groups in total. The summed E-state index contributed by atoms with van der Waals surface area (Å²) >= 11 is 6.02. The van der Waals surface area contributed by atoms with Crippen LogP contribution in [-0.4, -0.2) is 79.8 Å². The number of ether oxygens (including phenoxy) is 1. The Morgan fingerprint density at radius 1 is 1.10 bits per heavy atom. The van der Waals surface area contributed by atoms with Crippen molar-refractivity contribution in [3.63, 3.8) is 0 Å². The number of carbonyl (C=O) groups excluding carboxylic acids is 2. The summed E-state index contributed by atoms with van der Waals surface area (Å²) in [6.45, 7) is 9.80. The maximum atomic E-state index is 12.6. The van der Waals surface area contributed by atoms with Crippen molar-refractivity contribution in [2.24, 2.45) is 16.5 Å². The predicted octanol–water partition coefficient (Wildman–Crippen LogP) is 1.68. The summed E-state index contributed by atoms with van der Waals surface area (Å²) < 4.78 is 5.18. The summed E-state index contributed by atoms with van der Waals surface area (Å²) in [5.41, 5.74) is 12.7. The summed E-state index contributed by atoms with van der Waals surface area (Å²) in [7, 11) is 0. The molecule has 2 rings (SSSR count). The van der Waals surface area contributed by atoms with Crippen molar-refractivity contribution >= 4 is 29.2 Å². The van der Waals surface area contributed by atoms with E-state index >= 15 is 0 Å². The van der Waals surface area contributed by atoms with E-state index < -0.39 is 18.4 Å². The number of halogens is 1. The van der Waals surface area contributed by atoms with Gasteiger partial charge >= 0.3 is 5.97 Å². The van der Waals surface area contributed by atoms with Crippen molar-refractivity contribution in [2.45, 2.75) is 20.3 Å². The summed E-state index contributed by atoms with van der Waals surface area (Å²) in [5, 5.41) is 0.299. The molecule has 1 aromatic rings. The number of Topliss-reactive ketones (excluding diaryl/α,β-unsaturated/α-hetero) is 1. The lowest BCUT2D eigenvalue weighted by Crippen LogP contribution is -2.46. The number of amidine groups is 1. The second-order valence-corrected chi connectivity index (χ2v) is 7.68. The number of nitrogens with zero attached hydrogens (tertiary/aromatic N) is 3. The quantitative estimate of drug-likeness (QED) is 0.183. The predicted molar refractivity (Wildman–Crippen MR) is 123 cm³/mol. The zero-order valence-electron chi connectivity index (χ0n) is 18.3. The van der Waals surface area contributed by atoms with Crippen LogP contribution >= 0.6 is 11.6 Å². The number of benzene rings is 1. The highest BCUT2D eigenvalue weighted by Gasteiger charge is 2.21. The van der Waals surface area contributed by atoms with Crippen LogP contribution < -0.4 is 11.5 Å². The molecule has 8 nitrogen and oxygen atoms in total. The van der Waals surface area contributed by atoms with Crippen molar-refractivity contribution in [3.8, 4) is 0 Å². The van der Waals surface area contributed by atoms with Gasteiger partial charge in [-0.25, -0.2) is 4.79 Å². The number of hydrogen-bond acceptors (Lipinski definition) is 7. The first-order valence-electron chi connectivity index (χ1n) is 10.6. The highest BCUT2D eigenvalue weighted by Crippen LogP contribution is 2.16. The average Bonchev–Trinajstić information content (AvgIpc) is 2.78. The molecule has 0 amide bonds. The molecule has 0 aliphatic carbocycles. The topological polar surface area (TPSA) is 114 Å². The smallest absolute Gasteiger partial charge is 0.344 e. The first-order chi connectivity index (χ1) is 14.9. The Hall–Kier alpha value is -2.42. The standard InChI is InChI=1S/C22H32ClN5O3/c1-3-18(24)20(21(25)26-9-10-28-13-11-27(4-2)12-14-28)22(30)31-15-19(29)16-7-5-6-8-17(16)23/h5-8H,3-4,9-15,24H2,1-2H3,(H2,25,26)/b20-18+. The largest absolute Gasteiger partial charge is 0.454 e. The lowest BCUT2D eigenvalue weighted by molar-refractivity contribution is -0.137. The molecule has 0 bridgehead atoms. The molecule has 1 aliphatic heterocycles. The Balaban J connectivity index is 1.95. The van der Waals surface area contributed by atoms with Crippen molar-refractivity contribution in [3.05, 3.63) is 46.1 Å². The number of rotatable bonds is 10. The van der Waals surface area contributed by atoms with E-state index in [9.17, 15) is 9.59 Å². The number of allylic oxidation sites excluding steroid dienone is 1. The lowest BCUT2D eigenvalue weighted by Gasteiger charge is -2.33. The van der Waals surface area contributed by atoms with Crippen molar-refractivity contribution in [1.29, 1.82) is 0 Å². The second kappa shape index (κ2) is 12.4. The van der Waals surface area contributed by atoms with E-state index in [4.69, 9.17) is 27.8 Å². The Labute approximate surface area is 188 Å². The number of aliphatic imine (C=N–C) groups is 1. The van der Waals surface area contributed by atoms with Gasteiger partial charge < -0.3 is 21.1 Å². The molecule has 31 heavy (non-hydrogen) atoms. The highest BCUT2D eigenvalue weighted by molar-refractivity contribution is 6.34. The third kappa shape index (κ3) is 7.34. The number of carbonyl (C=O) groups is 2. The first-order valence-corrected chi connectivity index (χ1v) is 10.9. The number of piperazine rings is 1. The maximum Gasteiger partial charge on any atom is 0.344 e. The minimum absolute atomic E-state index is 0.0188. The van der Waals surface area contributed by atoms with Crippen LogP contribution in [0.5, 0.6) is 0 Å². The molecule has 0 unspecified atom stereocenters. The monoisotopic (exact) mass is 449 g/mol. The third-order valence-corrected chi connectivity index (χ3v) is 5.61. The molecular formula is C22H32ClN5O3. The number of likely N-dealkylation sites (N-methyl/N-ethyl adjacent to an activating group) is 1. The fourth-order valence-corrected chi connectivity index (χ4v) is 3.51. The molecule has 1 heterocycles. The van der Waals surface area contributed by atoms with Gasteiger partial charge in [-0.15, -0.1) is 0 Å². The molecule has 1 fully saturated rings. The van der Waals surface area contributed by atoms with E-state index in [1.165, 1.54) is 0 Å². The van der Waals surface area contributed by atoms with Crippen LogP contribution in [0.4, 0.5) is 0 Å². The third-order valence-electron chi connectivity index (χ3n) is 5.28. The summed E-state index contributed by atoms with van der Waals surface area (Å²) in [5.74, 6) is -1.14. The minimum atomic E-state index is -0.766. The van der Waals surface area contributed by atoms with Crippen LogP contribution in [0.2, 0.25) is 5.02 Å². The molecule has 1 aliphatic rings. The summed E-state index contributed by atoms with van der Waals surface area (Å²) in [6.07, 6.45) is 0.401. The zero-order valence-corrected chi connectivity index (χ0v) is 19.0. The lowest BCUT2D eigenvalue weighted by atomic mass is 10.1. The molecule has 0 saturated carbocycles.